The van der Waals surface area contributed by atoms with Crippen molar-refractivity contribution >= 4 is 0 Å². The first-order valence-corrected chi connectivity index (χ1v) is 9.51. The van der Waals surface area contributed by atoms with Crippen molar-refractivity contribution in [3.05, 3.63) is 36.7 Å². The molecule has 0 amide bonds. The highest BCUT2D eigenvalue weighted by Crippen LogP contribution is 2.20. The van der Waals surface area contributed by atoms with Gasteiger partial charge < -0.3 is 9.47 Å². The van der Waals surface area contributed by atoms with Crippen LogP contribution >= 0.6 is 0 Å². The molecule has 0 bridgehead atoms. The van der Waals surface area contributed by atoms with Crippen molar-refractivity contribution in [3.63, 3.8) is 0 Å². The standard InChI is InChI=1S/C21H30N2O2/c1-3-5-6-7-8-9-15-25-19-12-10-18(11-13-19)21-22-16-20(17-23-21)24-14-4-2/h10-13,16-17H,3-9,14-15H2,1-2H3. The molecular weight excluding hydrogens is 312 g/mol. The molecule has 0 spiro atoms. The molecular formula is C21H30N2O2. The summed E-state index contributed by atoms with van der Waals surface area (Å²) in [4.78, 5) is 8.73. The van der Waals surface area contributed by atoms with E-state index in [1.54, 1.807) is 12.4 Å². The molecule has 0 atom stereocenters. The van der Waals surface area contributed by atoms with Crippen LogP contribution in [0.4, 0.5) is 0 Å². The van der Waals surface area contributed by atoms with Gasteiger partial charge in [-0.3, -0.25) is 0 Å². The Morgan fingerprint density at radius 1 is 0.680 bits per heavy atom. The van der Waals surface area contributed by atoms with Crippen LogP contribution < -0.4 is 9.47 Å². The summed E-state index contributed by atoms with van der Waals surface area (Å²) in [6, 6.07) is 7.96. The van der Waals surface area contributed by atoms with Crippen LogP contribution in [0, 0.1) is 0 Å². The van der Waals surface area contributed by atoms with Crippen molar-refractivity contribution in [2.24, 2.45) is 0 Å². The molecule has 0 aliphatic carbocycles. The first-order chi connectivity index (χ1) is 12.3. The average Bonchev–Trinajstić information content (AvgIpc) is 2.66. The zero-order valence-electron chi connectivity index (χ0n) is 15.5. The van der Waals surface area contributed by atoms with E-state index in [1.165, 1.54) is 32.1 Å². The normalized spacial score (nSPS) is 10.6. The van der Waals surface area contributed by atoms with Crippen LogP contribution in [0.25, 0.3) is 11.4 Å². The maximum atomic E-state index is 5.81. The molecule has 2 aromatic rings. The van der Waals surface area contributed by atoms with E-state index in [0.717, 1.165) is 30.8 Å². The van der Waals surface area contributed by atoms with E-state index in [9.17, 15) is 0 Å². The smallest absolute Gasteiger partial charge is 0.159 e. The SMILES string of the molecule is CCCCCCCCOc1ccc(-c2ncc(OCCC)cn2)cc1. The van der Waals surface area contributed by atoms with Gasteiger partial charge in [0.25, 0.3) is 0 Å². The van der Waals surface area contributed by atoms with E-state index in [2.05, 4.69) is 23.8 Å². The predicted octanol–water partition coefficient (Wildman–Crippen LogP) is 5.67. The molecule has 4 nitrogen and oxygen atoms in total. The number of hydrogen-bond acceptors (Lipinski definition) is 4. The Bertz CT molecular complexity index is 582. The van der Waals surface area contributed by atoms with E-state index in [-0.39, 0.29) is 0 Å². The Kier molecular flexibility index (Phi) is 8.81. The molecule has 0 saturated heterocycles. The molecule has 0 fully saturated rings. The van der Waals surface area contributed by atoms with Gasteiger partial charge in [0.05, 0.1) is 25.6 Å². The van der Waals surface area contributed by atoms with Gasteiger partial charge in [0.1, 0.15) is 5.75 Å². The molecule has 136 valence electrons. The average molecular weight is 342 g/mol. The third kappa shape index (κ3) is 7.12. The van der Waals surface area contributed by atoms with Gasteiger partial charge in [-0.05, 0) is 37.1 Å². The second kappa shape index (κ2) is 11.5. The minimum absolute atomic E-state index is 0.688. The van der Waals surface area contributed by atoms with Crippen LogP contribution in [-0.4, -0.2) is 23.2 Å². The molecule has 1 heterocycles. The minimum Gasteiger partial charge on any atom is -0.494 e. The summed E-state index contributed by atoms with van der Waals surface area (Å²) in [6.07, 6.45) is 12.1. The van der Waals surface area contributed by atoms with Gasteiger partial charge in [0, 0.05) is 5.56 Å². The third-order valence-corrected chi connectivity index (χ3v) is 3.98. The van der Waals surface area contributed by atoms with Crippen molar-refractivity contribution in [2.75, 3.05) is 13.2 Å². The fourth-order valence-electron chi connectivity index (χ4n) is 2.53. The molecule has 1 aromatic heterocycles. The predicted molar refractivity (Wildman–Crippen MR) is 102 cm³/mol. The molecule has 25 heavy (non-hydrogen) atoms. The maximum Gasteiger partial charge on any atom is 0.159 e. The number of nitrogens with zero attached hydrogens (tertiary/aromatic N) is 2. The van der Waals surface area contributed by atoms with Crippen molar-refractivity contribution in [3.8, 4) is 22.9 Å². The fraction of sp³-hybridized carbons (Fsp3) is 0.524. The largest absolute Gasteiger partial charge is 0.494 e. The van der Waals surface area contributed by atoms with E-state index in [1.807, 2.05) is 24.3 Å². The summed E-state index contributed by atoms with van der Waals surface area (Å²) in [5.41, 5.74) is 0.981. The van der Waals surface area contributed by atoms with Crippen LogP contribution in [-0.2, 0) is 0 Å². The number of benzene rings is 1. The molecule has 1 aromatic carbocycles. The molecule has 4 heteroatoms. The molecule has 0 unspecified atom stereocenters. The minimum atomic E-state index is 0.688. The Labute approximate surface area is 151 Å². The monoisotopic (exact) mass is 342 g/mol. The summed E-state index contributed by atoms with van der Waals surface area (Å²) >= 11 is 0. The van der Waals surface area contributed by atoms with E-state index >= 15 is 0 Å². The van der Waals surface area contributed by atoms with Crippen molar-refractivity contribution in [1.29, 1.82) is 0 Å². The maximum absolute atomic E-state index is 5.81. The lowest BCUT2D eigenvalue weighted by atomic mass is 10.1. The van der Waals surface area contributed by atoms with Crippen LogP contribution in [0.2, 0.25) is 0 Å². The summed E-state index contributed by atoms with van der Waals surface area (Å²) in [7, 11) is 0. The van der Waals surface area contributed by atoms with Crippen LogP contribution in [0.1, 0.15) is 58.8 Å². The highest BCUT2D eigenvalue weighted by atomic mass is 16.5. The highest BCUT2D eigenvalue weighted by Gasteiger charge is 2.03. The summed E-state index contributed by atoms with van der Waals surface area (Å²) < 4.78 is 11.3. The Balaban J connectivity index is 1.75. The second-order valence-corrected chi connectivity index (χ2v) is 6.23. The number of hydrogen-bond donors (Lipinski definition) is 0. The van der Waals surface area contributed by atoms with Crippen molar-refractivity contribution in [2.45, 2.75) is 58.8 Å². The van der Waals surface area contributed by atoms with Crippen molar-refractivity contribution in [1.82, 2.24) is 9.97 Å². The Morgan fingerprint density at radius 2 is 1.32 bits per heavy atom. The van der Waals surface area contributed by atoms with E-state index < -0.39 is 0 Å². The quantitative estimate of drug-likeness (QED) is 0.466. The molecule has 0 aliphatic rings. The number of aromatic nitrogens is 2. The Morgan fingerprint density at radius 3 is 2.00 bits per heavy atom. The molecule has 0 saturated carbocycles. The van der Waals surface area contributed by atoms with Crippen molar-refractivity contribution < 1.29 is 9.47 Å². The lowest BCUT2D eigenvalue weighted by molar-refractivity contribution is 0.304. The highest BCUT2D eigenvalue weighted by molar-refractivity contribution is 5.56. The lowest BCUT2D eigenvalue weighted by Gasteiger charge is -2.07. The fourth-order valence-corrected chi connectivity index (χ4v) is 2.53. The van der Waals surface area contributed by atoms with Crippen LogP contribution in [0.15, 0.2) is 36.7 Å². The summed E-state index contributed by atoms with van der Waals surface area (Å²) in [6.45, 7) is 5.79. The third-order valence-electron chi connectivity index (χ3n) is 3.98. The van der Waals surface area contributed by atoms with Gasteiger partial charge >= 0.3 is 0 Å². The zero-order valence-corrected chi connectivity index (χ0v) is 15.5. The number of unbranched alkanes of at least 4 members (excludes halogenated alkanes) is 5. The summed E-state index contributed by atoms with van der Waals surface area (Å²) in [5.74, 6) is 2.32. The molecule has 0 radical (unpaired) electrons. The van der Waals surface area contributed by atoms with E-state index in [0.29, 0.717) is 18.2 Å². The van der Waals surface area contributed by atoms with Gasteiger partial charge in [-0.2, -0.15) is 0 Å². The molecule has 0 aliphatic heterocycles. The van der Waals surface area contributed by atoms with Gasteiger partial charge in [-0.25, -0.2) is 9.97 Å². The van der Waals surface area contributed by atoms with Gasteiger partial charge in [0.2, 0.25) is 0 Å². The molecule has 0 N–H and O–H groups in total. The van der Waals surface area contributed by atoms with Gasteiger partial charge in [-0.1, -0.05) is 46.0 Å². The van der Waals surface area contributed by atoms with Crippen LogP contribution in [0.5, 0.6) is 11.5 Å². The topological polar surface area (TPSA) is 44.2 Å². The Hall–Kier alpha value is -2.10. The lowest BCUT2D eigenvalue weighted by Crippen LogP contribution is -1.98. The number of rotatable bonds is 12. The van der Waals surface area contributed by atoms with Gasteiger partial charge in [0.15, 0.2) is 11.6 Å². The van der Waals surface area contributed by atoms with E-state index in [4.69, 9.17) is 9.47 Å². The molecule has 2 rings (SSSR count). The number of ether oxygens (including phenoxy) is 2. The zero-order chi connectivity index (χ0) is 17.7. The van der Waals surface area contributed by atoms with Crippen LogP contribution in [0.3, 0.4) is 0 Å². The first-order valence-electron chi connectivity index (χ1n) is 9.51. The van der Waals surface area contributed by atoms with Gasteiger partial charge in [-0.15, -0.1) is 0 Å². The summed E-state index contributed by atoms with van der Waals surface area (Å²) in [5, 5.41) is 0. The second-order valence-electron chi connectivity index (χ2n) is 6.23. The first kappa shape index (κ1) is 19.2.